The van der Waals surface area contributed by atoms with Crippen molar-refractivity contribution in [3.05, 3.63) is 81.7 Å². The van der Waals surface area contributed by atoms with Gasteiger partial charge in [-0.2, -0.15) is 0 Å². The molecule has 1 aliphatic rings. The smallest absolute Gasteiger partial charge is 0.410 e. The van der Waals surface area contributed by atoms with Gasteiger partial charge in [-0.15, -0.1) is 11.3 Å². The first-order valence-corrected chi connectivity index (χ1v) is 18.9. The molecule has 1 fully saturated rings. The summed E-state index contributed by atoms with van der Waals surface area (Å²) < 4.78 is 66.1. The number of benzene rings is 3. The predicted molar refractivity (Wildman–Crippen MR) is 188 cm³/mol. The van der Waals surface area contributed by atoms with Crippen molar-refractivity contribution in [3.8, 4) is 16.9 Å². The monoisotopic (exact) mass is 732 g/mol. The normalized spacial score (nSPS) is 16.8. The van der Waals surface area contributed by atoms with E-state index in [4.69, 9.17) is 21.1 Å². The van der Waals surface area contributed by atoms with Gasteiger partial charge in [0.2, 0.25) is 0 Å². The Labute approximate surface area is 294 Å². The van der Waals surface area contributed by atoms with Crippen LogP contribution in [0.1, 0.15) is 61.7 Å². The molecule has 1 saturated carbocycles. The summed E-state index contributed by atoms with van der Waals surface area (Å²) in [6.07, 6.45) is 2.91. The second-order valence-corrected chi connectivity index (χ2v) is 16.6. The van der Waals surface area contributed by atoms with Gasteiger partial charge in [0.25, 0.3) is 5.91 Å². The van der Waals surface area contributed by atoms with Crippen LogP contribution >= 0.6 is 22.9 Å². The minimum absolute atomic E-state index is 0.00575. The van der Waals surface area contributed by atoms with E-state index < -0.39 is 39.1 Å². The molecular formula is C36H39ClF2N2O6S2. The number of halogens is 3. The van der Waals surface area contributed by atoms with Gasteiger partial charge in [-0.05, 0) is 82.3 Å². The summed E-state index contributed by atoms with van der Waals surface area (Å²) in [5.74, 6) is -1.44. The molecule has 5 rings (SSSR count). The highest BCUT2D eigenvalue weighted by molar-refractivity contribution is 7.90. The zero-order valence-electron chi connectivity index (χ0n) is 28.2. The number of ether oxygens (including phenoxy) is 2. The summed E-state index contributed by atoms with van der Waals surface area (Å²) in [6, 6.07) is 13.5. The predicted octanol–water partition coefficient (Wildman–Crippen LogP) is 8.73. The number of amides is 2. The zero-order chi connectivity index (χ0) is 35.8. The van der Waals surface area contributed by atoms with E-state index >= 15 is 0 Å². The van der Waals surface area contributed by atoms with Crippen LogP contribution < -0.4 is 4.74 Å². The summed E-state index contributed by atoms with van der Waals surface area (Å²) in [5.41, 5.74) is 1.05. The molecule has 262 valence electrons. The lowest BCUT2D eigenvalue weighted by atomic mass is 9.89. The minimum atomic E-state index is -3.56. The fourth-order valence-corrected chi connectivity index (χ4v) is 8.67. The highest BCUT2D eigenvalue weighted by atomic mass is 35.5. The number of carbonyl (C=O) groups is 2. The maximum absolute atomic E-state index is 14.8. The van der Waals surface area contributed by atoms with E-state index in [2.05, 4.69) is 0 Å². The minimum Gasteiger partial charge on any atom is -0.496 e. The van der Waals surface area contributed by atoms with Crippen molar-refractivity contribution < 1.29 is 36.3 Å². The molecule has 0 N–H and O–H groups in total. The molecule has 13 heteroatoms. The molecule has 8 nitrogen and oxygen atoms in total. The van der Waals surface area contributed by atoms with Crippen LogP contribution in [0, 0.1) is 11.6 Å². The average molecular weight is 733 g/mol. The van der Waals surface area contributed by atoms with Crippen molar-refractivity contribution in [3.63, 3.8) is 0 Å². The van der Waals surface area contributed by atoms with Crippen molar-refractivity contribution in [2.45, 2.75) is 75.6 Å². The van der Waals surface area contributed by atoms with Gasteiger partial charge in [-0.25, -0.2) is 22.0 Å². The van der Waals surface area contributed by atoms with E-state index in [0.717, 1.165) is 29.7 Å². The van der Waals surface area contributed by atoms with Gasteiger partial charge in [0.15, 0.2) is 9.84 Å². The SMILES string of the molecule is COc1ccc(-c2ccccc2S(C)(=O)=O)cc1CN(C(=O)c1sc2c(F)ccc(F)c2c1Cl)C1CCC(N(C)C(=O)OC(C)(C)C)CC1. The Morgan fingerprint density at radius 3 is 2.22 bits per heavy atom. The van der Waals surface area contributed by atoms with Crippen molar-refractivity contribution in [2.24, 2.45) is 0 Å². The number of rotatable bonds is 8. The highest BCUT2D eigenvalue weighted by Crippen LogP contribution is 2.41. The van der Waals surface area contributed by atoms with Crippen molar-refractivity contribution >= 4 is 54.9 Å². The molecular weight excluding hydrogens is 694 g/mol. The third-order valence-electron chi connectivity index (χ3n) is 8.69. The number of methoxy groups -OCH3 is 1. The van der Waals surface area contributed by atoms with Gasteiger partial charge in [0, 0.05) is 43.1 Å². The first kappa shape index (κ1) is 36.5. The van der Waals surface area contributed by atoms with Gasteiger partial charge >= 0.3 is 6.09 Å². The second kappa shape index (κ2) is 14.2. The van der Waals surface area contributed by atoms with Crippen LogP contribution in [0.15, 0.2) is 59.5 Å². The molecule has 0 unspecified atom stereocenters. The number of hydrogen-bond acceptors (Lipinski definition) is 7. The number of hydrogen-bond donors (Lipinski definition) is 0. The maximum Gasteiger partial charge on any atom is 0.410 e. The number of nitrogens with zero attached hydrogens (tertiary/aromatic N) is 2. The van der Waals surface area contributed by atoms with Crippen LogP contribution in [0.3, 0.4) is 0 Å². The topological polar surface area (TPSA) is 93.2 Å². The average Bonchev–Trinajstić information content (AvgIpc) is 3.41. The molecule has 0 aliphatic heterocycles. The third-order valence-corrected chi connectivity index (χ3v) is 11.5. The van der Waals surface area contributed by atoms with E-state index in [1.54, 1.807) is 80.1 Å². The Balaban J connectivity index is 1.54. The molecule has 0 radical (unpaired) electrons. The second-order valence-electron chi connectivity index (χ2n) is 13.3. The summed E-state index contributed by atoms with van der Waals surface area (Å²) in [4.78, 5) is 30.7. The Bertz CT molecular complexity index is 2000. The number of sulfone groups is 1. The maximum atomic E-state index is 14.8. The Kier molecular flexibility index (Phi) is 10.6. The van der Waals surface area contributed by atoms with Crippen LogP contribution in [-0.4, -0.2) is 68.3 Å². The lowest BCUT2D eigenvalue weighted by Crippen LogP contribution is -2.47. The van der Waals surface area contributed by atoms with E-state index in [1.807, 2.05) is 0 Å². The van der Waals surface area contributed by atoms with Crippen molar-refractivity contribution in [2.75, 3.05) is 20.4 Å². The molecule has 0 spiro atoms. The Morgan fingerprint density at radius 1 is 0.980 bits per heavy atom. The summed E-state index contributed by atoms with van der Waals surface area (Å²) >= 11 is 7.41. The van der Waals surface area contributed by atoms with Gasteiger partial charge in [-0.1, -0.05) is 35.9 Å². The summed E-state index contributed by atoms with van der Waals surface area (Å²) in [5, 5.41) is -0.303. The molecule has 3 aromatic carbocycles. The fourth-order valence-electron chi connectivity index (χ4n) is 6.25. The summed E-state index contributed by atoms with van der Waals surface area (Å²) in [6.45, 7) is 5.45. The molecule has 1 aromatic heterocycles. The first-order valence-electron chi connectivity index (χ1n) is 15.8. The zero-order valence-corrected chi connectivity index (χ0v) is 30.6. The van der Waals surface area contributed by atoms with Crippen LogP contribution in [-0.2, 0) is 21.1 Å². The molecule has 0 atom stereocenters. The molecule has 0 bridgehead atoms. The molecule has 1 heterocycles. The third kappa shape index (κ3) is 7.86. The number of thiophene rings is 1. The quantitative estimate of drug-likeness (QED) is 0.180. The van der Waals surface area contributed by atoms with Crippen LogP contribution in [0.4, 0.5) is 13.6 Å². The van der Waals surface area contributed by atoms with E-state index in [0.29, 0.717) is 48.1 Å². The van der Waals surface area contributed by atoms with E-state index in [1.165, 1.54) is 7.11 Å². The van der Waals surface area contributed by atoms with Crippen molar-refractivity contribution in [1.29, 1.82) is 0 Å². The Morgan fingerprint density at radius 2 is 1.61 bits per heavy atom. The van der Waals surface area contributed by atoms with Crippen molar-refractivity contribution in [1.82, 2.24) is 9.80 Å². The molecule has 49 heavy (non-hydrogen) atoms. The molecule has 2 amide bonds. The van der Waals surface area contributed by atoms with Crippen LogP contribution in [0.25, 0.3) is 21.2 Å². The van der Waals surface area contributed by atoms with E-state index in [-0.39, 0.29) is 43.5 Å². The Hall–Kier alpha value is -3.74. The lowest BCUT2D eigenvalue weighted by molar-refractivity contribution is 0.0144. The first-order chi connectivity index (χ1) is 23.0. The highest BCUT2D eigenvalue weighted by Gasteiger charge is 2.36. The van der Waals surface area contributed by atoms with Gasteiger partial charge in [-0.3, -0.25) is 4.79 Å². The molecule has 1 aliphatic carbocycles. The number of carbonyl (C=O) groups excluding carboxylic acids is 2. The summed E-state index contributed by atoms with van der Waals surface area (Å²) in [7, 11) is -0.358. The molecule has 4 aromatic rings. The van der Waals surface area contributed by atoms with Gasteiger partial charge in [0.05, 0.1) is 27.1 Å². The van der Waals surface area contributed by atoms with Gasteiger partial charge < -0.3 is 19.3 Å². The van der Waals surface area contributed by atoms with E-state index in [9.17, 15) is 26.8 Å². The molecule has 0 saturated heterocycles. The standard InChI is InChI=1S/C36H39ClF2N2O6S2/c1-36(2,3)47-35(43)40(4)23-12-14-24(15-13-23)41(34(42)33-31(37)30-26(38)16-17-27(39)32(30)48-33)20-22-19-21(11-18-28(22)46-5)25-9-7-8-10-29(25)49(6,44)45/h7-11,16-19,23-24H,12-15,20H2,1-6H3. The number of fused-ring (bicyclic) bond motifs is 1. The fraction of sp³-hybridized carbons (Fsp3) is 0.389. The largest absolute Gasteiger partial charge is 0.496 e. The van der Waals surface area contributed by atoms with Crippen LogP contribution in [0.5, 0.6) is 5.75 Å². The van der Waals surface area contributed by atoms with Crippen LogP contribution in [0.2, 0.25) is 5.02 Å². The van der Waals surface area contributed by atoms with Gasteiger partial charge in [0.1, 0.15) is 27.9 Å². The lowest BCUT2D eigenvalue weighted by Gasteiger charge is -2.40.